The summed E-state index contributed by atoms with van der Waals surface area (Å²) in [6, 6.07) is 8.68. The van der Waals surface area contributed by atoms with Gasteiger partial charge in [-0.3, -0.25) is 9.78 Å². The quantitative estimate of drug-likeness (QED) is 0.505. The number of fused-ring (bicyclic) bond motifs is 1. The van der Waals surface area contributed by atoms with Gasteiger partial charge in [0.05, 0.1) is 21.9 Å². The fourth-order valence-electron chi connectivity index (χ4n) is 3.28. The van der Waals surface area contributed by atoms with Crippen LogP contribution in [0.3, 0.4) is 0 Å². The second kappa shape index (κ2) is 7.29. The summed E-state index contributed by atoms with van der Waals surface area (Å²) in [6.45, 7) is 0.599. The van der Waals surface area contributed by atoms with E-state index in [4.69, 9.17) is 23.2 Å². The predicted molar refractivity (Wildman–Crippen MR) is 115 cm³/mol. The normalized spacial score (nSPS) is 16.7. The summed E-state index contributed by atoms with van der Waals surface area (Å²) in [5, 5.41) is 9.30. The van der Waals surface area contributed by atoms with Gasteiger partial charge >= 0.3 is 0 Å². The number of halogens is 2. The van der Waals surface area contributed by atoms with Crippen LogP contribution in [0.2, 0.25) is 10.0 Å². The first kappa shape index (κ1) is 18.4. The lowest BCUT2D eigenvalue weighted by molar-refractivity contribution is -0.117. The molecule has 1 unspecified atom stereocenters. The molecule has 0 radical (unpaired) electrons. The Labute approximate surface area is 179 Å². The van der Waals surface area contributed by atoms with Crippen molar-refractivity contribution in [2.24, 2.45) is 0 Å². The van der Waals surface area contributed by atoms with Gasteiger partial charge in [-0.2, -0.15) is 0 Å². The number of imidazole rings is 1. The number of anilines is 2. The molecule has 1 atom stereocenters. The molecule has 1 aliphatic heterocycles. The van der Waals surface area contributed by atoms with Crippen molar-refractivity contribution in [1.29, 1.82) is 0 Å². The van der Waals surface area contributed by atoms with Crippen molar-refractivity contribution >= 4 is 56.2 Å². The highest BCUT2D eigenvalue weighted by atomic mass is 35.5. The zero-order valence-electron chi connectivity index (χ0n) is 14.9. The van der Waals surface area contributed by atoms with Gasteiger partial charge in [-0.25, -0.2) is 9.50 Å². The van der Waals surface area contributed by atoms with E-state index < -0.39 is 0 Å². The number of carbonyl (C=O) groups is 1. The van der Waals surface area contributed by atoms with Crippen molar-refractivity contribution in [2.75, 3.05) is 16.8 Å². The molecule has 1 fully saturated rings. The van der Waals surface area contributed by atoms with Gasteiger partial charge in [0.15, 0.2) is 0 Å². The van der Waals surface area contributed by atoms with Crippen LogP contribution in [0, 0.1) is 0 Å². The third-order valence-electron chi connectivity index (χ3n) is 4.72. The third kappa shape index (κ3) is 3.43. The summed E-state index contributed by atoms with van der Waals surface area (Å²) in [4.78, 5) is 24.0. The van der Waals surface area contributed by atoms with E-state index in [0.717, 1.165) is 21.9 Å². The van der Waals surface area contributed by atoms with Gasteiger partial charge in [0.25, 0.3) is 0 Å². The van der Waals surface area contributed by atoms with E-state index in [2.05, 4.69) is 20.4 Å². The Balaban J connectivity index is 1.32. The van der Waals surface area contributed by atoms with Crippen LogP contribution in [0.15, 0.2) is 48.9 Å². The van der Waals surface area contributed by atoms with E-state index in [0.29, 0.717) is 28.1 Å². The number of nitrogens with one attached hydrogen (secondary N) is 1. The zero-order valence-corrected chi connectivity index (χ0v) is 17.2. The summed E-state index contributed by atoms with van der Waals surface area (Å²) in [5.41, 5.74) is 2.48. The number of benzene rings is 1. The molecule has 7 nitrogen and oxygen atoms in total. The smallest absolute Gasteiger partial charge is 0.249 e. The Hall–Kier alpha value is -2.68. The molecule has 0 bridgehead atoms. The van der Waals surface area contributed by atoms with Crippen molar-refractivity contribution in [1.82, 2.24) is 19.6 Å². The Morgan fingerprint density at radius 3 is 2.86 bits per heavy atom. The van der Waals surface area contributed by atoms with Gasteiger partial charge in [0, 0.05) is 30.2 Å². The molecule has 1 N–H and O–H groups in total. The van der Waals surface area contributed by atoms with Crippen molar-refractivity contribution in [3.8, 4) is 11.3 Å². The average molecular weight is 445 g/mol. The van der Waals surface area contributed by atoms with Crippen LogP contribution >= 0.6 is 34.5 Å². The van der Waals surface area contributed by atoms with Crippen LogP contribution < -0.4 is 10.2 Å². The van der Waals surface area contributed by atoms with Gasteiger partial charge in [0.2, 0.25) is 16.0 Å². The molecule has 1 aliphatic rings. The van der Waals surface area contributed by atoms with Crippen molar-refractivity contribution in [3.63, 3.8) is 0 Å². The Kier molecular flexibility index (Phi) is 4.61. The first-order valence-corrected chi connectivity index (χ1v) is 10.5. The second-order valence-corrected chi connectivity index (χ2v) is 8.35. The summed E-state index contributed by atoms with van der Waals surface area (Å²) in [5.74, 6) is -0.0210. The molecular formula is C19H14Cl2N6OS. The molecule has 29 heavy (non-hydrogen) atoms. The molecule has 0 spiro atoms. The molecular weight excluding hydrogens is 431 g/mol. The van der Waals surface area contributed by atoms with E-state index in [1.807, 2.05) is 18.3 Å². The summed E-state index contributed by atoms with van der Waals surface area (Å²) >= 11 is 13.5. The monoisotopic (exact) mass is 444 g/mol. The van der Waals surface area contributed by atoms with Crippen molar-refractivity contribution < 1.29 is 4.79 Å². The number of rotatable bonds is 4. The average Bonchev–Trinajstić information content (AvgIpc) is 3.39. The highest BCUT2D eigenvalue weighted by Gasteiger charge is 2.33. The van der Waals surface area contributed by atoms with Crippen LogP contribution in [0.1, 0.15) is 6.42 Å². The second-order valence-electron chi connectivity index (χ2n) is 6.58. The predicted octanol–water partition coefficient (Wildman–Crippen LogP) is 4.38. The number of pyridine rings is 1. The molecule has 0 saturated carbocycles. The van der Waals surface area contributed by atoms with Crippen molar-refractivity contribution in [2.45, 2.75) is 12.5 Å². The minimum atomic E-state index is -0.349. The van der Waals surface area contributed by atoms with Gasteiger partial charge in [-0.1, -0.05) is 34.5 Å². The fourth-order valence-corrected chi connectivity index (χ4v) is 4.41. The number of hydrogen-bond donors (Lipinski definition) is 1. The van der Waals surface area contributed by atoms with E-state index in [1.165, 1.54) is 11.3 Å². The minimum absolute atomic E-state index is 0.0210. The molecule has 1 saturated heterocycles. The Bertz CT molecular complexity index is 1180. The maximum Gasteiger partial charge on any atom is 0.249 e. The topological polar surface area (TPSA) is 75.4 Å². The summed E-state index contributed by atoms with van der Waals surface area (Å²) in [6.07, 6.45) is 6.01. The lowest BCUT2D eigenvalue weighted by atomic mass is 10.2. The standard InChI is InChI=1S/C19H14Cl2N6OS/c20-13-4-3-12(8-14(13)21)26-7-5-15(17(26)28)23-18-25-27-10-16(24-19(27)29-18)11-2-1-6-22-9-11/h1-4,6,8-10,15H,5,7H2,(H,23,25). The maximum atomic E-state index is 12.8. The third-order valence-corrected chi connectivity index (χ3v) is 6.31. The van der Waals surface area contributed by atoms with Crippen LogP contribution in [-0.4, -0.2) is 38.1 Å². The summed E-state index contributed by atoms with van der Waals surface area (Å²) < 4.78 is 1.71. The molecule has 4 heterocycles. The van der Waals surface area contributed by atoms with E-state index in [-0.39, 0.29) is 11.9 Å². The van der Waals surface area contributed by atoms with Gasteiger partial charge in [0.1, 0.15) is 6.04 Å². The van der Waals surface area contributed by atoms with Crippen LogP contribution in [0.5, 0.6) is 0 Å². The summed E-state index contributed by atoms with van der Waals surface area (Å²) in [7, 11) is 0. The van der Waals surface area contributed by atoms with Crippen molar-refractivity contribution in [3.05, 3.63) is 59.0 Å². The highest BCUT2D eigenvalue weighted by molar-refractivity contribution is 7.20. The molecule has 146 valence electrons. The number of carbonyl (C=O) groups excluding carboxylic acids is 1. The molecule has 10 heteroatoms. The molecule has 3 aromatic heterocycles. The molecule has 1 aromatic carbocycles. The molecule has 5 rings (SSSR count). The molecule has 4 aromatic rings. The number of hydrogen-bond acceptors (Lipinski definition) is 6. The lowest BCUT2D eigenvalue weighted by Crippen LogP contribution is -2.33. The van der Waals surface area contributed by atoms with Crippen LogP contribution in [0.4, 0.5) is 10.8 Å². The van der Waals surface area contributed by atoms with Gasteiger partial charge in [-0.05, 0) is 36.8 Å². The number of nitrogens with zero attached hydrogens (tertiary/aromatic N) is 5. The highest BCUT2D eigenvalue weighted by Crippen LogP contribution is 2.31. The first-order chi connectivity index (χ1) is 14.1. The molecule has 1 amide bonds. The minimum Gasteiger partial charge on any atom is -0.348 e. The largest absolute Gasteiger partial charge is 0.348 e. The van der Waals surface area contributed by atoms with E-state index in [1.54, 1.807) is 40.0 Å². The maximum absolute atomic E-state index is 12.8. The first-order valence-electron chi connectivity index (χ1n) is 8.88. The zero-order chi connectivity index (χ0) is 20.0. The van der Waals surface area contributed by atoms with E-state index >= 15 is 0 Å². The van der Waals surface area contributed by atoms with Gasteiger partial charge in [-0.15, -0.1) is 5.10 Å². The SMILES string of the molecule is O=C1C(Nc2nn3cc(-c4cccnc4)nc3s2)CCN1c1ccc(Cl)c(Cl)c1. The Morgan fingerprint density at radius 1 is 1.21 bits per heavy atom. The van der Waals surface area contributed by atoms with E-state index in [9.17, 15) is 4.79 Å². The number of amides is 1. The number of aromatic nitrogens is 4. The lowest BCUT2D eigenvalue weighted by Gasteiger charge is -2.17. The molecule has 0 aliphatic carbocycles. The Morgan fingerprint density at radius 2 is 2.10 bits per heavy atom. The van der Waals surface area contributed by atoms with Crippen LogP contribution in [0.25, 0.3) is 16.2 Å². The fraction of sp³-hybridized carbons (Fsp3) is 0.158. The van der Waals surface area contributed by atoms with Gasteiger partial charge < -0.3 is 10.2 Å². The van der Waals surface area contributed by atoms with Crippen LogP contribution in [-0.2, 0) is 4.79 Å².